The first-order valence-corrected chi connectivity index (χ1v) is 7.17. The molecule has 1 aromatic carbocycles. The van der Waals surface area contributed by atoms with Crippen molar-refractivity contribution in [2.45, 2.75) is 12.2 Å². The van der Waals surface area contributed by atoms with Crippen molar-refractivity contribution in [2.24, 2.45) is 0 Å². The van der Waals surface area contributed by atoms with E-state index in [0.29, 0.717) is 17.6 Å². The highest BCUT2D eigenvalue weighted by molar-refractivity contribution is 9.10. The summed E-state index contributed by atoms with van der Waals surface area (Å²) in [5.74, 6) is -0.518. The van der Waals surface area contributed by atoms with Gasteiger partial charge >= 0.3 is 6.18 Å². The summed E-state index contributed by atoms with van der Waals surface area (Å²) >= 11 is 8.89. The number of nitrogens with one attached hydrogen (secondary N) is 1. The van der Waals surface area contributed by atoms with Gasteiger partial charge < -0.3 is 10.4 Å². The van der Waals surface area contributed by atoms with Gasteiger partial charge in [0.15, 0.2) is 0 Å². The Balaban J connectivity index is 2.46. The summed E-state index contributed by atoms with van der Waals surface area (Å²) in [6.45, 7) is 1.48. The normalized spacial score (nSPS) is 19.1. The van der Waals surface area contributed by atoms with E-state index in [9.17, 15) is 18.3 Å². The van der Waals surface area contributed by atoms with Crippen LogP contribution in [0.2, 0.25) is 5.02 Å². The minimum Gasteiger partial charge on any atom is -0.506 e. The predicted octanol–water partition coefficient (Wildman–Crippen LogP) is 3.32. The minimum atomic E-state index is -4.49. The highest BCUT2D eigenvalue weighted by Crippen LogP contribution is 2.44. The van der Waals surface area contributed by atoms with Crippen molar-refractivity contribution in [3.63, 3.8) is 0 Å². The molecule has 0 aromatic heterocycles. The number of nitrogens with zero attached hydrogens (tertiary/aromatic N) is 1. The maximum absolute atomic E-state index is 13.4. The van der Waals surface area contributed by atoms with Gasteiger partial charge in [-0.1, -0.05) is 27.5 Å². The second kappa shape index (κ2) is 6.09. The minimum absolute atomic E-state index is 0.0984. The number of benzene rings is 1. The van der Waals surface area contributed by atoms with Crippen LogP contribution in [0.1, 0.15) is 11.6 Å². The molecule has 2 rings (SSSR count). The maximum Gasteiger partial charge on any atom is 0.408 e. The van der Waals surface area contributed by atoms with E-state index in [2.05, 4.69) is 21.2 Å². The maximum atomic E-state index is 13.4. The zero-order valence-electron chi connectivity index (χ0n) is 10.3. The average molecular weight is 374 g/mol. The lowest BCUT2D eigenvalue weighted by Crippen LogP contribution is -2.49. The Labute approximate surface area is 127 Å². The molecule has 1 aromatic rings. The lowest BCUT2D eigenvalue weighted by atomic mass is 10.0. The third-order valence-corrected chi connectivity index (χ3v) is 3.92. The molecule has 1 heterocycles. The number of alkyl halides is 3. The SMILES string of the molecule is Oc1c(Cl)cc(Br)cc1[C@H](N1CCNCC1)C(F)(F)F. The molecule has 3 nitrogen and oxygen atoms in total. The van der Waals surface area contributed by atoms with Crippen LogP contribution < -0.4 is 5.32 Å². The van der Waals surface area contributed by atoms with Gasteiger partial charge in [-0.05, 0) is 12.1 Å². The van der Waals surface area contributed by atoms with Gasteiger partial charge in [0, 0.05) is 36.2 Å². The smallest absolute Gasteiger partial charge is 0.408 e. The lowest BCUT2D eigenvalue weighted by Gasteiger charge is -2.36. The standard InChI is InChI=1S/C12H13BrClF3N2O/c13-7-5-8(10(20)9(14)6-7)11(12(15,16)17)19-3-1-18-2-4-19/h5-6,11,18,20H,1-4H2/t11-/m0/s1. The number of phenols is 1. The largest absolute Gasteiger partial charge is 0.506 e. The second-order valence-corrected chi connectivity index (χ2v) is 5.88. The number of aromatic hydroxyl groups is 1. The zero-order chi connectivity index (χ0) is 14.9. The molecule has 0 unspecified atom stereocenters. The van der Waals surface area contributed by atoms with Crippen LogP contribution in [0.3, 0.4) is 0 Å². The van der Waals surface area contributed by atoms with Crippen molar-refractivity contribution in [3.8, 4) is 5.75 Å². The third-order valence-electron chi connectivity index (χ3n) is 3.18. The van der Waals surface area contributed by atoms with Gasteiger partial charge in [-0.2, -0.15) is 13.2 Å². The van der Waals surface area contributed by atoms with Crippen molar-refractivity contribution in [2.75, 3.05) is 26.2 Å². The Bertz CT molecular complexity index is 492. The van der Waals surface area contributed by atoms with E-state index in [1.807, 2.05) is 0 Å². The van der Waals surface area contributed by atoms with Crippen LogP contribution in [0.15, 0.2) is 16.6 Å². The van der Waals surface area contributed by atoms with E-state index < -0.39 is 18.0 Å². The first-order chi connectivity index (χ1) is 9.30. The molecule has 0 spiro atoms. The molecule has 1 aliphatic rings. The van der Waals surface area contributed by atoms with Gasteiger partial charge in [-0.25, -0.2) is 0 Å². The van der Waals surface area contributed by atoms with Gasteiger partial charge in [0.1, 0.15) is 11.8 Å². The second-order valence-electron chi connectivity index (χ2n) is 4.56. The molecule has 1 saturated heterocycles. The number of hydrogen-bond donors (Lipinski definition) is 2. The molecular formula is C12H13BrClF3N2O. The van der Waals surface area contributed by atoms with Crippen LogP contribution in [0.5, 0.6) is 5.75 Å². The number of rotatable bonds is 2. The predicted molar refractivity (Wildman–Crippen MR) is 74.1 cm³/mol. The third kappa shape index (κ3) is 3.39. The van der Waals surface area contributed by atoms with Crippen LogP contribution in [0.25, 0.3) is 0 Å². The molecule has 1 aliphatic heterocycles. The molecular weight excluding hydrogens is 360 g/mol. The number of phenolic OH excluding ortho intramolecular Hbond substituents is 1. The van der Waals surface area contributed by atoms with E-state index in [4.69, 9.17) is 11.6 Å². The molecule has 1 atom stereocenters. The van der Waals surface area contributed by atoms with Crippen molar-refractivity contribution < 1.29 is 18.3 Å². The topological polar surface area (TPSA) is 35.5 Å². The first-order valence-electron chi connectivity index (χ1n) is 6.00. The highest BCUT2D eigenvalue weighted by Gasteiger charge is 2.46. The fourth-order valence-electron chi connectivity index (χ4n) is 2.31. The molecule has 2 N–H and O–H groups in total. The van der Waals surface area contributed by atoms with E-state index in [-0.39, 0.29) is 23.7 Å². The average Bonchev–Trinajstić information content (AvgIpc) is 2.35. The van der Waals surface area contributed by atoms with E-state index in [0.717, 1.165) is 0 Å². The van der Waals surface area contributed by atoms with Crippen LogP contribution >= 0.6 is 27.5 Å². The molecule has 0 radical (unpaired) electrons. The molecule has 20 heavy (non-hydrogen) atoms. The van der Waals surface area contributed by atoms with Gasteiger partial charge in [-0.15, -0.1) is 0 Å². The summed E-state index contributed by atoms with van der Waals surface area (Å²) in [6.07, 6.45) is -4.49. The molecule has 0 aliphatic carbocycles. The van der Waals surface area contributed by atoms with Gasteiger partial charge in [-0.3, -0.25) is 4.90 Å². The summed E-state index contributed by atoms with van der Waals surface area (Å²) < 4.78 is 40.6. The van der Waals surface area contributed by atoms with E-state index >= 15 is 0 Å². The van der Waals surface area contributed by atoms with E-state index in [1.165, 1.54) is 17.0 Å². The number of halogens is 5. The summed E-state index contributed by atoms with van der Waals surface area (Å²) in [6, 6.07) is 0.770. The Hall–Kier alpha value is -0.500. The van der Waals surface area contributed by atoms with Crippen LogP contribution in [-0.2, 0) is 0 Å². The molecule has 8 heteroatoms. The fourth-order valence-corrected chi connectivity index (χ4v) is 3.15. The summed E-state index contributed by atoms with van der Waals surface area (Å²) in [5.41, 5.74) is -0.223. The van der Waals surface area contributed by atoms with Gasteiger partial charge in [0.2, 0.25) is 0 Å². The van der Waals surface area contributed by atoms with Crippen LogP contribution in [-0.4, -0.2) is 42.4 Å². The highest BCUT2D eigenvalue weighted by atomic mass is 79.9. The van der Waals surface area contributed by atoms with E-state index in [1.54, 1.807) is 0 Å². The molecule has 0 saturated carbocycles. The van der Waals surface area contributed by atoms with Crippen molar-refractivity contribution in [1.82, 2.24) is 10.2 Å². The lowest BCUT2D eigenvalue weighted by molar-refractivity contribution is -0.188. The number of hydrogen-bond acceptors (Lipinski definition) is 3. The quantitative estimate of drug-likeness (QED) is 0.835. The molecule has 0 amide bonds. The molecule has 1 fully saturated rings. The Kier molecular flexibility index (Phi) is 4.84. The van der Waals surface area contributed by atoms with Crippen molar-refractivity contribution in [1.29, 1.82) is 0 Å². The Morgan fingerprint density at radius 2 is 1.90 bits per heavy atom. The summed E-state index contributed by atoms with van der Waals surface area (Å²) in [4.78, 5) is 1.30. The Morgan fingerprint density at radius 3 is 2.45 bits per heavy atom. The monoisotopic (exact) mass is 372 g/mol. The van der Waals surface area contributed by atoms with Crippen molar-refractivity contribution >= 4 is 27.5 Å². The van der Waals surface area contributed by atoms with Crippen LogP contribution in [0, 0.1) is 0 Å². The fraction of sp³-hybridized carbons (Fsp3) is 0.500. The van der Waals surface area contributed by atoms with Gasteiger partial charge in [0.05, 0.1) is 5.02 Å². The van der Waals surface area contributed by atoms with Crippen LogP contribution in [0.4, 0.5) is 13.2 Å². The van der Waals surface area contributed by atoms with Crippen molar-refractivity contribution in [3.05, 3.63) is 27.2 Å². The number of piperazine rings is 1. The molecule has 0 bridgehead atoms. The van der Waals surface area contributed by atoms with Gasteiger partial charge in [0.25, 0.3) is 0 Å². The first kappa shape index (κ1) is 15.9. The summed E-state index contributed by atoms with van der Waals surface area (Å²) in [5, 5.41) is 12.8. The summed E-state index contributed by atoms with van der Waals surface area (Å²) in [7, 11) is 0. The molecule has 112 valence electrons. The Morgan fingerprint density at radius 1 is 1.30 bits per heavy atom. The zero-order valence-corrected chi connectivity index (χ0v) is 12.7.